The minimum absolute atomic E-state index is 0.353. The van der Waals surface area contributed by atoms with Crippen LogP contribution in [0.3, 0.4) is 0 Å². The maximum absolute atomic E-state index is 6.05. The Morgan fingerprint density at radius 3 is 2.27 bits per heavy atom. The van der Waals surface area contributed by atoms with E-state index in [-0.39, 0.29) is 0 Å². The number of hydrogen-bond donors (Lipinski definition) is 0. The van der Waals surface area contributed by atoms with Crippen LogP contribution in [0.2, 0.25) is 5.02 Å². The van der Waals surface area contributed by atoms with Gasteiger partial charge in [-0.1, -0.05) is 23.7 Å². The molecule has 1 unspecified atom stereocenters. The Hall–Kier alpha value is -0.240. The summed E-state index contributed by atoms with van der Waals surface area (Å²) in [5, 5.41) is 0.786. The molecule has 0 aromatic heterocycles. The molecule has 1 saturated heterocycles. The molecule has 1 heterocycles. The molecule has 15 heavy (non-hydrogen) atoms. The van der Waals surface area contributed by atoms with Crippen molar-refractivity contribution in [1.82, 2.24) is 4.90 Å². The maximum Gasteiger partial charge on any atom is 0.0483 e. The first-order valence-corrected chi connectivity index (χ1v) is 6.28. The van der Waals surface area contributed by atoms with Crippen molar-refractivity contribution in [2.75, 3.05) is 19.0 Å². The molecule has 1 nitrogen and oxygen atoms in total. The molecule has 0 amide bonds. The standard InChI is InChI=1S/C12H15Cl2N/c13-9-12(15-7-1-2-8-15)10-3-5-11(14)6-4-10/h3-6,12H,1-2,7-9H2. The SMILES string of the molecule is ClCC(c1ccc(Cl)cc1)N1CCCC1. The highest BCUT2D eigenvalue weighted by atomic mass is 35.5. The van der Waals surface area contributed by atoms with Gasteiger partial charge in [0.2, 0.25) is 0 Å². The zero-order chi connectivity index (χ0) is 10.7. The first-order chi connectivity index (χ1) is 7.31. The molecule has 1 aliphatic heterocycles. The molecule has 0 saturated carbocycles. The van der Waals surface area contributed by atoms with Crippen molar-refractivity contribution in [3.63, 3.8) is 0 Å². The summed E-state index contributed by atoms with van der Waals surface area (Å²) < 4.78 is 0. The molecule has 1 atom stereocenters. The first kappa shape index (κ1) is 11.3. The highest BCUT2D eigenvalue weighted by Gasteiger charge is 2.22. The summed E-state index contributed by atoms with van der Waals surface area (Å²) in [6.45, 7) is 2.33. The van der Waals surface area contributed by atoms with E-state index in [1.54, 1.807) is 0 Å². The fourth-order valence-corrected chi connectivity index (χ4v) is 2.64. The topological polar surface area (TPSA) is 3.24 Å². The monoisotopic (exact) mass is 243 g/mol. The molecule has 1 aromatic carbocycles. The fourth-order valence-electron chi connectivity index (χ4n) is 2.14. The summed E-state index contributed by atoms with van der Waals surface area (Å²) in [5.74, 6) is 0.654. The molecular formula is C12H15Cl2N. The maximum atomic E-state index is 6.05. The Morgan fingerprint density at radius 2 is 1.73 bits per heavy atom. The average Bonchev–Trinajstić information content (AvgIpc) is 2.75. The van der Waals surface area contributed by atoms with Crippen LogP contribution in [-0.2, 0) is 0 Å². The number of alkyl halides is 1. The summed E-state index contributed by atoms with van der Waals surface area (Å²) >= 11 is 11.9. The number of nitrogens with zero attached hydrogens (tertiary/aromatic N) is 1. The summed E-state index contributed by atoms with van der Waals surface area (Å²) in [7, 11) is 0. The molecule has 1 aromatic rings. The molecule has 0 N–H and O–H groups in total. The van der Waals surface area contributed by atoms with Crippen LogP contribution in [-0.4, -0.2) is 23.9 Å². The summed E-state index contributed by atoms with van der Waals surface area (Å²) in [6.07, 6.45) is 2.59. The van der Waals surface area contributed by atoms with Crippen molar-refractivity contribution in [1.29, 1.82) is 0 Å². The lowest BCUT2D eigenvalue weighted by molar-refractivity contribution is 0.266. The molecule has 1 fully saturated rings. The third-order valence-electron chi connectivity index (χ3n) is 2.98. The van der Waals surface area contributed by atoms with E-state index in [1.807, 2.05) is 12.1 Å². The van der Waals surface area contributed by atoms with Gasteiger partial charge in [0.05, 0.1) is 0 Å². The molecule has 0 bridgehead atoms. The zero-order valence-corrected chi connectivity index (χ0v) is 10.1. The molecule has 0 aliphatic carbocycles. The van der Waals surface area contributed by atoms with Crippen molar-refractivity contribution >= 4 is 23.2 Å². The van der Waals surface area contributed by atoms with Crippen LogP contribution >= 0.6 is 23.2 Å². The largest absolute Gasteiger partial charge is 0.295 e. The van der Waals surface area contributed by atoms with Crippen LogP contribution in [0.4, 0.5) is 0 Å². The molecular weight excluding hydrogens is 229 g/mol. The van der Waals surface area contributed by atoms with Crippen LogP contribution in [0.1, 0.15) is 24.4 Å². The molecule has 1 aliphatic rings. The summed E-state index contributed by atoms with van der Waals surface area (Å²) in [5.41, 5.74) is 1.27. The lowest BCUT2D eigenvalue weighted by atomic mass is 10.1. The molecule has 2 rings (SSSR count). The van der Waals surface area contributed by atoms with Crippen LogP contribution in [0.5, 0.6) is 0 Å². The minimum atomic E-state index is 0.353. The van der Waals surface area contributed by atoms with E-state index in [9.17, 15) is 0 Å². The molecule has 82 valence electrons. The summed E-state index contributed by atoms with van der Waals surface area (Å²) in [4.78, 5) is 2.45. The van der Waals surface area contributed by atoms with Gasteiger partial charge in [0, 0.05) is 16.9 Å². The number of rotatable bonds is 3. The molecule has 0 spiro atoms. The quantitative estimate of drug-likeness (QED) is 0.732. The third-order valence-corrected chi connectivity index (χ3v) is 3.53. The minimum Gasteiger partial charge on any atom is -0.295 e. The normalized spacial score (nSPS) is 19.3. The summed E-state index contributed by atoms with van der Waals surface area (Å²) in [6, 6.07) is 8.38. The van der Waals surface area contributed by atoms with Gasteiger partial charge in [0.15, 0.2) is 0 Å². The first-order valence-electron chi connectivity index (χ1n) is 5.37. The Morgan fingerprint density at radius 1 is 1.13 bits per heavy atom. The van der Waals surface area contributed by atoms with E-state index >= 15 is 0 Å². The number of benzene rings is 1. The van der Waals surface area contributed by atoms with Crippen molar-refractivity contribution in [2.24, 2.45) is 0 Å². The third kappa shape index (κ3) is 2.66. The number of halogens is 2. The highest BCUT2D eigenvalue weighted by molar-refractivity contribution is 6.30. The zero-order valence-electron chi connectivity index (χ0n) is 8.63. The predicted octanol–water partition coefficient (Wildman–Crippen LogP) is 3.72. The number of likely N-dealkylation sites (tertiary alicyclic amines) is 1. The Labute approximate surface area is 101 Å². The van der Waals surface area contributed by atoms with Crippen molar-refractivity contribution in [3.8, 4) is 0 Å². The van der Waals surface area contributed by atoms with Crippen molar-refractivity contribution < 1.29 is 0 Å². The van der Waals surface area contributed by atoms with Gasteiger partial charge in [-0.15, -0.1) is 11.6 Å². The van der Waals surface area contributed by atoms with Crippen LogP contribution < -0.4 is 0 Å². The van der Waals surface area contributed by atoms with E-state index in [2.05, 4.69) is 17.0 Å². The van der Waals surface area contributed by atoms with Crippen LogP contribution in [0.15, 0.2) is 24.3 Å². The van der Waals surface area contributed by atoms with Crippen molar-refractivity contribution in [3.05, 3.63) is 34.9 Å². The fraction of sp³-hybridized carbons (Fsp3) is 0.500. The Balaban J connectivity index is 2.14. The Kier molecular flexibility index (Phi) is 3.90. The van der Waals surface area contributed by atoms with E-state index in [0.29, 0.717) is 11.9 Å². The number of hydrogen-bond acceptors (Lipinski definition) is 1. The van der Waals surface area contributed by atoms with E-state index in [4.69, 9.17) is 23.2 Å². The average molecular weight is 244 g/mol. The van der Waals surface area contributed by atoms with Gasteiger partial charge in [-0.2, -0.15) is 0 Å². The van der Waals surface area contributed by atoms with Crippen LogP contribution in [0, 0.1) is 0 Å². The highest BCUT2D eigenvalue weighted by Crippen LogP contribution is 2.26. The van der Waals surface area contributed by atoms with Gasteiger partial charge < -0.3 is 0 Å². The van der Waals surface area contributed by atoms with E-state index in [0.717, 1.165) is 5.02 Å². The lowest BCUT2D eigenvalue weighted by Gasteiger charge is -2.25. The molecule has 3 heteroatoms. The smallest absolute Gasteiger partial charge is 0.0483 e. The van der Waals surface area contributed by atoms with E-state index in [1.165, 1.54) is 31.5 Å². The van der Waals surface area contributed by atoms with Gasteiger partial charge >= 0.3 is 0 Å². The predicted molar refractivity (Wildman–Crippen MR) is 65.7 cm³/mol. The van der Waals surface area contributed by atoms with Crippen LogP contribution in [0.25, 0.3) is 0 Å². The van der Waals surface area contributed by atoms with Gasteiger partial charge in [0.1, 0.15) is 0 Å². The Bertz CT molecular complexity index is 304. The molecule has 0 radical (unpaired) electrons. The van der Waals surface area contributed by atoms with Gasteiger partial charge in [0.25, 0.3) is 0 Å². The second kappa shape index (κ2) is 5.20. The second-order valence-corrected chi connectivity index (χ2v) is 4.71. The van der Waals surface area contributed by atoms with Gasteiger partial charge in [-0.3, -0.25) is 4.90 Å². The second-order valence-electron chi connectivity index (χ2n) is 3.96. The van der Waals surface area contributed by atoms with Gasteiger partial charge in [-0.05, 0) is 43.6 Å². The lowest BCUT2D eigenvalue weighted by Crippen LogP contribution is -2.26. The van der Waals surface area contributed by atoms with Gasteiger partial charge in [-0.25, -0.2) is 0 Å². The van der Waals surface area contributed by atoms with Crippen molar-refractivity contribution in [2.45, 2.75) is 18.9 Å². The van der Waals surface area contributed by atoms with E-state index < -0.39 is 0 Å².